The van der Waals surface area contributed by atoms with E-state index < -0.39 is 0 Å². The van der Waals surface area contributed by atoms with Gasteiger partial charge >= 0.3 is 0 Å². The van der Waals surface area contributed by atoms with E-state index in [4.69, 9.17) is 4.74 Å². The Morgan fingerprint density at radius 3 is 3.00 bits per heavy atom. The minimum atomic E-state index is 0.522. The van der Waals surface area contributed by atoms with E-state index in [1.54, 1.807) is 0 Å². The number of ether oxygens (including phenoxy) is 1. The SMILES string of the molecule is CC(C)c1cccc(NCCCC2CCCO2)c1. The molecule has 0 radical (unpaired) electrons. The van der Waals surface area contributed by atoms with Crippen LogP contribution in [0.5, 0.6) is 0 Å². The van der Waals surface area contributed by atoms with Crippen LogP contribution in [0.3, 0.4) is 0 Å². The van der Waals surface area contributed by atoms with Crippen LogP contribution in [-0.2, 0) is 4.74 Å². The third-order valence-corrected chi connectivity index (χ3v) is 3.61. The lowest BCUT2D eigenvalue weighted by Gasteiger charge is -2.12. The predicted molar refractivity (Wildman–Crippen MR) is 77.2 cm³/mol. The minimum absolute atomic E-state index is 0.522. The lowest BCUT2D eigenvalue weighted by atomic mass is 10.0. The molecule has 18 heavy (non-hydrogen) atoms. The summed E-state index contributed by atoms with van der Waals surface area (Å²) in [5, 5.41) is 3.51. The molecule has 1 aliphatic rings. The van der Waals surface area contributed by atoms with E-state index in [2.05, 4.69) is 43.4 Å². The number of nitrogens with one attached hydrogen (secondary N) is 1. The quantitative estimate of drug-likeness (QED) is 0.761. The molecule has 1 fully saturated rings. The fourth-order valence-electron chi connectivity index (χ4n) is 2.44. The van der Waals surface area contributed by atoms with E-state index in [1.807, 2.05) is 0 Å². The first-order valence-corrected chi connectivity index (χ1v) is 7.21. The van der Waals surface area contributed by atoms with Crippen molar-refractivity contribution in [2.24, 2.45) is 0 Å². The molecular weight excluding hydrogens is 222 g/mol. The number of anilines is 1. The second-order valence-electron chi connectivity index (χ2n) is 5.48. The van der Waals surface area contributed by atoms with Gasteiger partial charge in [-0.25, -0.2) is 0 Å². The average Bonchev–Trinajstić information content (AvgIpc) is 2.88. The van der Waals surface area contributed by atoms with Crippen molar-refractivity contribution in [3.63, 3.8) is 0 Å². The number of rotatable bonds is 6. The van der Waals surface area contributed by atoms with Crippen molar-refractivity contribution < 1.29 is 4.74 Å². The van der Waals surface area contributed by atoms with Crippen molar-refractivity contribution in [3.05, 3.63) is 29.8 Å². The molecule has 1 aromatic carbocycles. The van der Waals surface area contributed by atoms with E-state index >= 15 is 0 Å². The standard InChI is InChI=1S/C16H25NO/c1-13(2)14-6-3-7-15(12-14)17-10-4-8-16-9-5-11-18-16/h3,6-7,12-13,16-17H,4-5,8-11H2,1-2H3. The molecule has 0 aromatic heterocycles. The summed E-state index contributed by atoms with van der Waals surface area (Å²) >= 11 is 0. The van der Waals surface area contributed by atoms with Crippen molar-refractivity contribution in [1.82, 2.24) is 0 Å². The average molecular weight is 247 g/mol. The number of hydrogen-bond donors (Lipinski definition) is 1. The van der Waals surface area contributed by atoms with Crippen molar-refractivity contribution in [3.8, 4) is 0 Å². The van der Waals surface area contributed by atoms with Gasteiger partial charge in [-0.2, -0.15) is 0 Å². The maximum absolute atomic E-state index is 5.63. The highest BCUT2D eigenvalue weighted by atomic mass is 16.5. The molecule has 1 N–H and O–H groups in total. The van der Waals surface area contributed by atoms with Crippen LogP contribution in [0.15, 0.2) is 24.3 Å². The van der Waals surface area contributed by atoms with Crippen LogP contribution < -0.4 is 5.32 Å². The van der Waals surface area contributed by atoms with Gasteiger partial charge in [-0.05, 0) is 49.3 Å². The van der Waals surface area contributed by atoms with Gasteiger partial charge in [0.05, 0.1) is 6.10 Å². The molecule has 0 aliphatic carbocycles. The maximum atomic E-state index is 5.63. The van der Waals surface area contributed by atoms with Gasteiger partial charge in [0.2, 0.25) is 0 Å². The molecular formula is C16H25NO. The van der Waals surface area contributed by atoms with Gasteiger partial charge in [-0.1, -0.05) is 26.0 Å². The molecule has 0 amide bonds. The summed E-state index contributed by atoms with van der Waals surface area (Å²) in [6.07, 6.45) is 5.40. The first-order chi connectivity index (χ1) is 8.75. The largest absolute Gasteiger partial charge is 0.385 e. The van der Waals surface area contributed by atoms with E-state index in [-0.39, 0.29) is 0 Å². The first kappa shape index (κ1) is 13.4. The Kier molecular flexibility index (Phi) is 5.06. The Hall–Kier alpha value is -1.02. The summed E-state index contributed by atoms with van der Waals surface area (Å²) in [5.74, 6) is 0.596. The van der Waals surface area contributed by atoms with Crippen molar-refractivity contribution in [2.45, 2.75) is 51.6 Å². The first-order valence-electron chi connectivity index (χ1n) is 7.21. The summed E-state index contributed by atoms with van der Waals surface area (Å²) in [4.78, 5) is 0. The molecule has 1 aromatic rings. The zero-order valence-corrected chi connectivity index (χ0v) is 11.6. The molecule has 1 unspecified atom stereocenters. The van der Waals surface area contributed by atoms with Crippen molar-refractivity contribution in [1.29, 1.82) is 0 Å². The molecule has 0 saturated carbocycles. The lowest BCUT2D eigenvalue weighted by molar-refractivity contribution is 0.103. The minimum Gasteiger partial charge on any atom is -0.385 e. The van der Waals surface area contributed by atoms with Crippen LogP contribution in [0, 0.1) is 0 Å². The predicted octanol–water partition coefficient (Wildman–Crippen LogP) is 4.18. The Balaban J connectivity index is 1.70. The molecule has 1 saturated heterocycles. The molecule has 1 heterocycles. The topological polar surface area (TPSA) is 21.3 Å². The van der Waals surface area contributed by atoms with Crippen molar-refractivity contribution in [2.75, 3.05) is 18.5 Å². The van der Waals surface area contributed by atoms with Gasteiger partial charge in [0, 0.05) is 18.8 Å². The zero-order valence-electron chi connectivity index (χ0n) is 11.6. The van der Waals surface area contributed by atoms with Gasteiger partial charge in [-0.15, -0.1) is 0 Å². The Morgan fingerprint density at radius 2 is 2.28 bits per heavy atom. The molecule has 0 bridgehead atoms. The Bertz CT molecular complexity index is 356. The van der Waals surface area contributed by atoms with Gasteiger partial charge < -0.3 is 10.1 Å². The smallest absolute Gasteiger partial charge is 0.0576 e. The number of hydrogen-bond acceptors (Lipinski definition) is 2. The normalized spacial score (nSPS) is 19.4. The van der Waals surface area contributed by atoms with Crippen LogP contribution in [0.1, 0.15) is 51.0 Å². The third kappa shape index (κ3) is 4.02. The maximum Gasteiger partial charge on any atom is 0.0576 e. The van der Waals surface area contributed by atoms with Gasteiger partial charge in [0.1, 0.15) is 0 Å². The second-order valence-corrected chi connectivity index (χ2v) is 5.48. The van der Waals surface area contributed by atoms with Gasteiger partial charge in [0.15, 0.2) is 0 Å². The van der Waals surface area contributed by atoms with E-state index in [1.165, 1.54) is 36.9 Å². The molecule has 1 aliphatic heterocycles. The van der Waals surface area contributed by atoms with Gasteiger partial charge in [0.25, 0.3) is 0 Å². The summed E-state index contributed by atoms with van der Waals surface area (Å²) < 4.78 is 5.63. The molecule has 2 nitrogen and oxygen atoms in total. The van der Waals surface area contributed by atoms with Crippen molar-refractivity contribution >= 4 is 5.69 Å². The Morgan fingerprint density at radius 1 is 1.39 bits per heavy atom. The molecule has 1 atom stereocenters. The van der Waals surface area contributed by atoms with Crippen LogP contribution in [0.25, 0.3) is 0 Å². The van der Waals surface area contributed by atoms with E-state index in [9.17, 15) is 0 Å². The summed E-state index contributed by atoms with van der Waals surface area (Å²) in [6, 6.07) is 8.74. The second kappa shape index (κ2) is 6.79. The van der Waals surface area contributed by atoms with Crippen LogP contribution in [-0.4, -0.2) is 19.3 Å². The highest BCUT2D eigenvalue weighted by Gasteiger charge is 2.14. The molecule has 100 valence electrons. The summed E-state index contributed by atoms with van der Waals surface area (Å²) in [6.45, 7) is 6.48. The summed E-state index contributed by atoms with van der Waals surface area (Å²) in [5.41, 5.74) is 2.65. The highest BCUT2D eigenvalue weighted by molar-refractivity contribution is 5.46. The zero-order chi connectivity index (χ0) is 12.8. The molecule has 2 rings (SSSR count). The Labute approximate surface area is 111 Å². The molecule has 0 spiro atoms. The monoisotopic (exact) mass is 247 g/mol. The fourth-order valence-corrected chi connectivity index (χ4v) is 2.44. The summed E-state index contributed by atoms with van der Waals surface area (Å²) in [7, 11) is 0. The number of benzene rings is 1. The van der Waals surface area contributed by atoms with E-state index in [0.717, 1.165) is 13.2 Å². The van der Waals surface area contributed by atoms with Crippen LogP contribution in [0.2, 0.25) is 0 Å². The van der Waals surface area contributed by atoms with Gasteiger partial charge in [-0.3, -0.25) is 0 Å². The molecule has 2 heteroatoms. The fraction of sp³-hybridized carbons (Fsp3) is 0.625. The van der Waals surface area contributed by atoms with E-state index in [0.29, 0.717) is 12.0 Å². The van der Waals surface area contributed by atoms with Crippen LogP contribution in [0.4, 0.5) is 5.69 Å². The lowest BCUT2D eigenvalue weighted by Crippen LogP contribution is -2.09. The third-order valence-electron chi connectivity index (χ3n) is 3.61. The highest BCUT2D eigenvalue weighted by Crippen LogP contribution is 2.19. The van der Waals surface area contributed by atoms with Crippen LogP contribution >= 0.6 is 0 Å².